The van der Waals surface area contributed by atoms with Gasteiger partial charge in [-0.1, -0.05) is 56.3 Å². The van der Waals surface area contributed by atoms with Crippen LogP contribution in [0.5, 0.6) is 0 Å². The Morgan fingerprint density at radius 3 is 2.24 bits per heavy atom. The van der Waals surface area contributed by atoms with E-state index in [0.717, 1.165) is 17.0 Å². The highest BCUT2D eigenvalue weighted by Gasteiger charge is 2.49. The number of rotatable bonds is 7. The van der Waals surface area contributed by atoms with Crippen LogP contribution in [-0.2, 0) is 20.9 Å². The highest BCUT2D eigenvalue weighted by Crippen LogP contribution is 2.40. The predicted octanol–water partition coefficient (Wildman–Crippen LogP) is 3.92. The molecule has 37 heavy (non-hydrogen) atoms. The molecule has 1 aliphatic rings. The quantitative estimate of drug-likeness (QED) is 0.421. The Bertz CT molecular complexity index is 1360. The molecule has 3 aromatic carbocycles. The van der Waals surface area contributed by atoms with Crippen LogP contribution in [0.3, 0.4) is 0 Å². The van der Waals surface area contributed by atoms with Gasteiger partial charge in [0.15, 0.2) is 0 Å². The van der Waals surface area contributed by atoms with Crippen LogP contribution in [0.25, 0.3) is 11.1 Å². The van der Waals surface area contributed by atoms with Gasteiger partial charge in [-0.05, 0) is 47.2 Å². The molecule has 192 valence electrons. The normalized spacial score (nSPS) is 16.2. The summed E-state index contributed by atoms with van der Waals surface area (Å²) in [5, 5.41) is 14.1. The van der Waals surface area contributed by atoms with E-state index in [2.05, 4.69) is 5.32 Å². The monoisotopic (exact) mass is 507 g/mol. The van der Waals surface area contributed by atoms with E-state index < -0.39 is 47.5 Å². The van der Waals surface area contributed by atoms with Crippen molar-refractivity contribution < 1.29 is 28.3 Å². The van der Waals surface area contributed by atoms with Crippen molar-refractivity contribution in [3.05, 3.63) is 89.5 Å². The highest BCUT2D eigenvalue weighted by molar-refractivity contribution is 6.10. The van der Waals surface area contributed by atoms with Crippen LogP contribution in [0.15, 0.2) is 66.7 Å². The van der Waals surface area contributed by atoms with Crippen molar-refractivity contribution in [3.8, 4) is 11.1 Å². The molecule has 0 saturated carbocycles. The van der Waals surface area contributed by atoms with Crippen molar-refractivity contribution in [1.82, 2.24) is 4.90 Å². The fourth-order valence-corrected chi connectivity index (χ4v) is 4.76. The number of amides is 3. The largest absolute Gasteiger partial charge is 0.372 e. The molecule has 4 N–H and O–H groups in total. The zero-order valence-electron chi connectivity index (χ0n) is 20.4. The van der Waals surface area contributed by atoms with Gasteiger partial charge in [-0.25, -0.2) is 8.78 Å². The fourth-order valence-electron chi connectivity index (χ4n) is 4.76. The lowest BCUT2D eigenvalue weighted by atomic mass is 9.88. The molecule has 1 unspecified atom stereocenters. The van der Waals surface area contributed by atoms with Crippen LogP contribution in [0.4, 0.5) is 14.5 Å². The van der Waals surface area contributed by atoms with E-state index in [1.165, 1.54) is 0 Å². The van der Waals surface area contributed by atoms with Gasteiger partial charge in [0.25, 0.3) is 17.7 Å². The second kappa shape index (κ2) is 10.1. The molecule has 1 aliphatic heterocycles. The minimum atomic E-state index is -2.66. The summed E-state index contributed by atoms with van der Waals surface area (Å²) in [4.78, 5) is 41.0. The molecule has 4 rings (SSSR count). The number of carbonyl (C=O) groups excluding carboxylic acids is 3. The number of primary amides is 1. The Morgan fingerprint density at radius 1 is 1.03 bits per heavy atom. The van der Waals surface area contributed by atoms with Crippen molar-refractivity contribution in [3.63, 3.8) is 0 Å². The molecule has 0 aliphatic carbocycles. The molecule has 3 amide bonds. The molecule has 0 aromatic heterocycles. The van der Waals surface area contributed by atoms with E-state index in [1.807, 2.05) is 6.07 Å². The molecule has 0 radical (unpaired) electrons. The smallest absolute Gasteiger partial charge is 0.265 e. The number of fused-ring (bicyclic) bond motifs is 3. The lowest BCUT2D eigenvalue weighted by Crippen LogP contribution is -2.59. The molecular formula is C28H27F2N3O4. The van der Waals surface area contributed by atoms with Gasteiger partial charge in [0.2, 0.25) is 5.60 Å². The van der Waals surface area contributed by atoms with Gasteiger partial charge >= 0.3 is 0 Å². The van der Waals surface area contributed by atoms with Crippen molar-refractivity contribution in [2.75, 3.05) is 5.32 Å². The molecular weight excluding hydrogens is 480 g/mol. The minimum absolute atomic E-state index is 0.0225. The maximum Gasteiger partial charge on any atom is 0.265 e. The zero-order chi connectivity index (χ0) is 26.9. The predicted molar refractivity (Wildman–Crippen MR) is 134 cm³/mol. The molecule has 0 saturated heterocycles. The molecule has 2 atom stereocenters. The lowest BCUT2D eigenvalue weighted by molar-refractivity contribution is -0.165. The maximum absolute atomic E-state index is 14.1. The summed E-state index contributed by atoms with van der Waals surface area (Å²) in [5.74, 6) is -5.14. The summed E-state index contributed by atoms with van der Waals surface area (Å²) in [6.45, 7) is 2.90. The summed E-state index contributed by atoms with van der Waals surface area (Å²) in [5.41, 5.74) is 5.11. The number of carbonyl (C=O) groups is 3. The number of halogens is 2. The first-order valence-corrected chi connectivity index (χ1v) is 11.8. The maximum atomic E-state index is 14.1. The van der Waals surface area contributed by atoms with Gasteiger partial charge in [0.05, 0.1) is 0 Å². The van der Waals surface area contributed by atoms with E-state index in [0.29, 0.717) is 28.4 Å². The first-order chi connectivity index (χ1) is 17.5. The number of aliphatic hydroxyl groups is 1. The third kappa shape index (κ3) is 5.08. The topological polar surface area (TPSA) is 113 Å². The Labute approximate surface area is 212 Å². The number of nitrogens with zero attached hydrogens (tertiary/aromatic N) is 1. The third-order valence-electron chi connectivity index (χ3n) is 6.29. The molecule has 9 heteroatoms. The van der Waals surface area contributed by atoms with E-state index in [-0.39, 0.29) is 17.9 Å². The van der Waals surface area contributed by atoms with Crippen molar-refractivity contribution >= 4 is 23.4 Å². The fraction of sp³-hybridized carbons (Fsp3) is 0.250. The summed E-state index contributed by atoms with van der Waals surface area (Å²) in [7, 11) is 0. The second-order valence-corrected chi connectivity index (χ2v) is 9.56. The Hall–Kier alpha value is -4.11. The van der Waals surface area contributed by atoms with Gasteiger partial charge in [-0.3, -0.25) is 14.4 Å². The van der Waals surface area contributed by atoms with Gasteiger partial charge in [0.1, 0.15) is 17.7 Å². The summed E-state index contributed by atoms with van der Waals surface area (Å²) in [6.07, 6.45) is -0.314. The molecule has 0 fully saturated rings. The van der Waals surface area contributed by atoms with E-state index in [1.54, 1.807) is 56.3 Å². The average molecular weight is 508 g/mol. The van der Waals surface area contributed by atoms with Crippen LogP contribution >= 0.6 is 0 Å². The van der Waals surface area contributed by atoms with Gasteiger partial charge < -0.3 is 21.1 Å². The summed E-state index contributed by atoms with van der Waals surface area (Å²) >= 11 is 0. The van der Waals surface area contributed by atoms with E-state index in [9.17, 15) is 28.3 Å². The Kier molecular flexibility index (Phi) is 7.09. The van der Waals surface area contributed by atoms with E-state index in [4.69, 9.17) is 5.73 Å². The van der Waals surface area contributed by atoms with Gasteiger partial charge in [-0.15, -0.1) is 0 Å². The van der Waals surface area contributed by atoms with Crippen LogP contribution < -0.4 is 11.1 Å². The lowest BCUT2D eigenvalue weighted by Gasteiger charge is -2.37. The number of nitrogens with two attached hydrogens (primary N) is 1. The highest BCUT2D eigenvalue weighted by atomic mass is 19.1. The van der Waals surface area contributed by atoms with Crippen molar-refractivity contribution in [2.24, 2.45) is 11.7 Å². The summed E-state index contributed by atoms with van der Waals surface area (Å²) in [6, 6.07) is 15.3. The van der Waals surface area contributed by atoms with E-state index >= 15 is 0 Å². The van der Waals surface area contributed by atoms with Crippen LogP contribution in [-0.4, -0.2) is 33.3 Å². The first kappa shape index (κ1) is 26.0. The standard InChI is InChI=1S/C28H27F2N3O4/c1-16(2)14-28(37,26(31)35)27(36)33(15-17-11-18(29)13-19(30)12-17)24-22-9-4-3-7-20(22)21-8-5-6-10-23(21)32-25(24)34/h3-13,16,24,37H,14-15H2,1-2H3,(H2,31,35)(H,32,34)/t24-,28?/m0/s1. The van der Waals surface area contributed by atoms with Gasteiger partial charge in [0, 0.05) is 23.9 Å². The number of benzene rings is 3. The molecule has 1 heterocycles. The van der Waals surface area contributed by atoms with Crippen molar-refractivity contribution in [1.29, 1.82) is 0 Å². The van der Waals surface area contributed by atoms with Crippen LogP contribution in [0.1, 0.15) is 37.4 Å². The second-order valence-electron chi connectivity index (χ2n) is 9.56. The average Bonchev–Trinajstić information content (AvgIpc) is 2.94. The number of hydrogen-bond acceptors (Lipinski definition) is 4. The molecule has 7 nitrogen and oxygen atoms in total. The van der Waals surface area contributed by atoms with Gasteiger partial charge in [-0.2, -0.15) is 0 Å². The number of para-hydroxylation sites is 1. The number of hydrogen-bond donors (Lipinski definition) is 3. The first-order valence-electron chi connectivity index (χ1n) is 11.8. The third-order valence-corrected chi connectivity index (χ3v) is 6.29. The number of nitrogens with one attached hydrogen (secondary N) is 1. The molecule has 3 aromatic rings. The van der Waals surface area contributed by atoms with Crippen molar-refractivity contribution in [2.45, 2.75) is 38.5 Å². The Morgan fingerprint density at radius 2 is 1.62 bits per heavy atom. The number of anilines is 1. The van der Waals surface area contributed by atoms with Crippen LogP contribution in [0, 0.1) is 17.6 Å². The van der Waals surface area contributed by atoms with Crippen LogP contribution in [0.2, 0.25) is 0 Å². The molecule has 0 bridgehead atoms. The summed E-state index contributed by atoms with van der Waals surface area (Å²) < 4.78 is 28.1. The Balaban J connectivity index is 1.92. The molecule has 0 spiro atoms. The minimum Gasteiger partial charge on any atom is -0.372 e. The SMILES string of the molecule is CC(C)CC(O)(C(N)=O)C(=O)N(Cc1cc(F)cc(F)c1)[C@@H]1C(=O)Nc2ccccc2-c2ccccc21. The zero-order valence-corrected chi connectivity index (χ0v) is 20.4.